The maximum absolute atomic E-state index is 12.2. The number of hydrogen-bond donors (Lipinski definition) is 2. The fraction of sp³-hybridized carbons (Fsp3) is 0.105. The van der Waals surface area contributed by atoms with Crippen LogP contribution in [0.1, 0.15) is 15.9 Å². The zero-order valence-corrected chi connectivity index (χ0v) is 13.8. The van der Waals surface area contributed by atoms with Crippen molar-refractivity contribution in [2.24, 2.45) is 0 Å². The van der Waals surface area contributed by atoms with Crippen LogP contribution in [0, 0.1) is 0 Å². The molecule has 1 aromatic carbocycles. The maximum Gasteiger partial charge on any atom is 0.256 e. The van der Waals surface area contributed by atoms with Crippen LogP contribution in [0.15, 0.2) is 67.1 Å². The highest BCUT2D eigenvalue weighted by Crippen LogP contribution is 2.15. The van der Waals surface area contributed by atoms with E-state index in [2.05, 4.69) is 20.6 Å². The van der Waals surface area contributed by atoms with Crippen molar-refractivity contribution in [2.75, 3.05) is 17.7 Å². The summed E-state index contributed by atoms with van der Waals surface area (Å²) >= 11 is 0. The van der Waals surface area contributed by atoms with Gasteiger partial charge in [-0.15, -0.1) is 0 Å². The molecule has 3 aromatic rings. The molecule has 0 spiro atoms. The van der Waals surface area contributed by atoms with Gasteiger partial charge in [0, 0.05) is 24.5 Å². The third kappa shape index (κ3) is 4.54. The van der Waals surface area contributed by atoms with Crippen LogP contribution in [-0.2, 0) is 6.54 Å². The van der Waals surface area contributed by atoms with E-state index in [1.165, 1.54) is 0 Å². The molecule has 6 heteroatoms. The minimum absolute atomic E-state index is 0.234. The molecule has 2 N–H and O–H groups in total. The first-order valence-corrected chi connectivity index (χ1v) is 7.79. The third-order valence-corrected chi connectivity index (χ3v) is 3.56. The molecule has 0 unspecified atom stereocenters. The van der Waals surface area contributed by atoms with Crippen LogP contribution in [-0.4, -0.2) is 23.0 Å². The molecule has 6 nitrogen and oxygen atoms in total. The highest BCUT2D eigenvalue weighted by atomic mass is 16.5. The van der Waals surface area contributed by atoms with Gasteiger partial charge in [-0.05, 0) is 42.0 Å². The van der Waals surface area contributed by atoms with E-state index in [9.17, 15) is 4.79 Å². The van der Waals surface area contributed by atoms with Crippen molar-refractivity contribution in [1.82, 2.24) is 9.97 Å². The number of methoxy groups -OCH3 is 1. The summed E-state index contributed by atoms with van der Waals surface area (Å²) in [6, 6.07) is 14.5. The predicted octanol–water partition coefficient (Wildman–Crippen LogP) is 3.35. The lowest BCUT2D eigenvalue weighted by Gasteiger charge is -2.08. The third-order valence-electron chi connectivity index (χ3n) is 3.56. The summed E-state index contributed by atoms with van der Waals surface area (Å²) in [4.78, 5) is 20.6. The lowest BCUT2D eigenvalue weighted by atomic mass is 10.2. The average molecular weight is 334 g/mol. The Bertz CT molecular complexity index is 836. The molecule has 0 aliphatic rings. The van der Waals surface area contributed by atoms with E-state index in [4.69, 9.17) is 4.74 Å². The van der Waals surface area contributed by atoms with Crippen molar-refractivity contribution in [3.63, 3.8) is 0 Å². The SMILES string of the molecule is COc1cccc(C(=O)Nc2ccc(NCc3cccnc3)cn2)c1. The van der Waals surface area contributed by atoms with Gasteiger partial charge in [0.05, 0.1) is 19.0 Å². The quantitative estimate of drug-likeness (QED) is 0.723. The number of anilines is 2. The topological polar surface area (TPSA) is 76.1 Å². The Morgan fingerprint density at radius 3 is 2.76 bits per heavy atom. The molecule has 2 aromatic heterocycles. The number of benzene rings is 1. The van der Waals surface area contributed by atoms with Gasteiger partial charge in [-0.3, -0.25) is 9.78 Å². The van der Waals surface area contributed by atoms with Gasteiger partial charge in [0.15, 0.2) is 0 Å². The van der Waals surface area contributed by atoms with Crippen LogP contribution >= 0.6 is 0 Å². The maximum atomic E-state index is 12.2. The van der Waals surface area contributed by atoms with Crippen molar-refractivity contribution in [3.8, 4) is 5.75 Å². The monoisotopic (exact) mass is 334 g/mol. The van der Waals surface area contributed by atoms with E-state index in [-0.39, 0.29) is 5.91 Å². The second kappa shape index (κ2) is 7.92. The fourth-order valence-electron chi connectivity index (χ4n) is 2.23. The van der Waals surface area contributed by atoms with Crippen LogP contribution in [0.5, 0.6) is 5.75 Å². The number of nitrogens with zero attached hydrogens (tertiary/aromatic N) is 2. The molecule has 0 saturated carbocycles. The molecule has 0 aliphatic heterocycles. The first-order valence-electron chi connectivity index (χ1n) is 7.79. The minimum atomic E-state index is -0.234. The van der Waals surface area contributed by atoms with Gasteiger partial charge in [-0.1, -0.05) is 12.1 Å². The Morgan fingerprint density at radius 2 is 2.04 bits per heavy atom. The minimum Gasteiger partial charge on any atom is -0.497 e. The lowest BCUT2D eigenvalue weighted by Crippen LogP contribution is -2.13. The number of carbonyl (C=O) groups is 1. The van der Waals surface area contributed by atoms with E-state index in [0.717, 1.165) is 11.3 Å². The highest BCUT2D eigenvalue weighted by molar-refractivity contribution is 6.04. The number of carbonyl (C=O) groups excluding carboxylic acids is 1. The van der Waals surface area contributed by atoms with E-state index < -0.39 is 0 Å². The molecule has 126 valence electrons. The Labute approximate surface area is 145 Å². The summed E-state index contributed by atoms with van der Waals surface area (Å²) in [7, 11) is 1.57. The van der Waals surface area contributed by atoms with Crippen LogP contribution in [0.4, 0.5) is 11.5 Å². The van der Waals surface area contributed by atoms with Crippen LogP contribution < -0.4 is 15.4 Å². The average Bonchev–Trinajstić information content (AvgIpc) is 2.68. The number of ether oxygens (including phenoxy) is 1. The molecular formula is C19H18N4O2. The van der Waals surface area contributed by atoms with Crippen LogP contribution in [0.3, 0.4) is 0 Å². The van der Waals surface area contributed by atoms with Crippen molar-refractivity contribution >= 4 is 17.4 Å². The smallest absolute Gasteiger partial charge is 0.256 e. The second-order valence-electron chi connectivity index (χ2n) is 5.33. The van der Waals surface area contributed by atoms with Crippen molar-refractivity contribution < 1.29 is 9.53 Å². The normalized spacial score (nSPS) is 10.1. The first kappa shape index (κ1) is 16.4. The number of rotatable bonds is 6. The Hall–Kier alpha value is -3.41. The summed E-state index contributed by atoms with van der Waals surface area (Å²) < 4.78 is 5.13. The molecule has 0 radical (unpaired) electrons. The zero-order valence-electron chi connectivity index (χ0n) is 13.8. The molecule has 3 rings (SSSR count). The molecule has 0 fully saturated rings. The lowest BCUT2D eigenvalue weighted by molar-refractivity contribution is 0.102. The number of hydrogen-bond acceptors (Lipinski definition) is 5. The molecule has 0 bridgehead atoms. The van der Waals surface area contributed by atoms with Gasteiger partial charge in [0.1, 0.15) is 11.6 Å². The van der Waals surface area contributed by atoms with E-state index in [0.29, 0.717) is 23.7 Å². The Kier molecular flexibility index (Phi) is 5.21. The summed E-state index contributed by atoms with van der Waals surface area (Å²) in [6.45, 7) is 0.658. The van der Waals surface area contributed by atoms with Crippen LogP contribution in [0.2, 0.25) is 0 Å². The van der Waals surface area contributed by atoms with Crippen LogP contribution in [0.25, 0.3) is 0 Å². The molecule has 25 heavy (non-hydrogen) atoms. The van der Waals surface area contributed by atoms with Crippen molar-refractivity contribution in [1.29, 1.82) is 0 Å². The Balaban J connectivity index is 1.59. The van der Waals surface area contributed by atoms with E-state index in [1.807, 2.05) is 24.4 Å². The largest absolute Gasteiger partial charge is 0.497 e. The second-order valence-corrected chi connectivity index (χ2v) is 5.33. The van der Waals surface area contributed by atoms with E-state index in [1.54, 1.807) is 49.8 Å². The van der Waals surface area contributed by atoms with Gasteiger partial charge in [0.25, 0.3) is 5.91 Å². The highest BCUT2D eigenvalue weighted by Gasteiger charge is 2.08. The van der Waals surface area contributed by atoms with E-state index >= 15 is 0 Å². The summed E-state index contributed by atoms with van der Waals surface area (Å²) in [5, 5.41) is 6.02. The summed E-state index contributed by atoms with van der Waals surface area (Å²) in [5.74, 6) is 0.887. The molecule has 0 saturated heterocycles. The molecule has 1 amide bonds. The number of amides is 1. The van der Waals surface area contributed by atoms with Gasteiger partial charge < -0.3 is 15.4 Å². The summed E-state index contributed by atoms with van der Waals surface area (Å²) in [6.07, 6.45) is 5.23. The molecule has 0 aliphatic carbocycles. The fourth-order valence-corrected chi connectivity index (χ4v) is 2.23. The van der Waals surface area contributed by atoms with Crippen molar-refractivity contribution in [3.05, 3.63) is 78.2 Å². The Morgan fingerprint density at radius 1 is 1.12 bits per heavy atom. The van der Waals surface area contributed by atoms with Gasteiger partial charge in [0.2, 0.25) is 0 Å². The molecular weight excluding hydrogens is 316 g/mol. The first-order chi connectivity index (χ1) is 12.2. The standard InChI is InChI=1S/C19H18N4O2/c1-25-17-6-2-5-15(10-17)19(24)23-18-8-7-16(13-22-18)21-12-14-4-3-9-20-11-14/h2-11,13,21H,12H2,1H3,(H,22,23,24). The number of pyridine rings is 2. The van der Waals surface area contributed by atoms with Gasteiger partial charge in [-0.2, -0.15) is 0 Å². The number of aromatic nitrogens is 2. The number of nitrogens with one attached hydrogen (secondary N) is 2. The molecule has 0 atom stereocenters. The summed E-state index contributed by atoms with van der Waals surface area (Å²) in [5.41, 5.74) is 2.46. The van der Waals surface area contributed by atoms with Gasteiger partial charge in [-0.25, -0.2) is 4.98 Å². The molecule has 2 heterocycles. The van der Waals surface area contributed by atoms with Gasteiger partial charge >= 0.3 is 0 Å². The zero-order chi connectivity index (χ0) is 17.5. The van der Waals surface area contributed by atoms with Crippen molar-refractivity contribution in [2.45, 2.75) is 6.54 Å². The predicted molar refractivity (Wildman–Crippen MR) is 96.7 cm³/mol.